The molecule has 0 aliphatic carbocycles. The Bertz CT molecular complexity index is 503. The molecule has 0 bridgehead atoms. The van der Waals surface area contributed by atoms with Crippen LogP contribution in [-0.4, -0.2) is 32.7 Å². The molecule has 0 aliphatic rings. The summed E-state index contributed by atoms with van der Waals surface area (Å²) in [5.74, 6) is 0. The molecule has 8 heteroatoms. The summed E-state index contributed by atoms with van der Waals surface area (Å²) in [7, 11) is -3.59. The van der Waals surface area contributed by atoms with E-state index < -0.39 is 16.1 Å². The smallest absolute Gasteiger partial charge is 0.404 e. The molecular formula is C9H11BrN2O4S. The third-order valence-corrected chi connectivity index (χ3v) is 3.75. The Morgan fingerprint density at radius 2 is 2.06 bits per heavy atom. The third-order valence-electron chi connectivity index (χ3n) is 1.80. The Morgan fingerprint density at radius 3 is 2.65 bits per heavy atom. The number of hydrogen-bond donors (Lipinski definition) is 3. The van der Waals surface area contributed by atoms with Gasteiger partial charge in [0.2, 0.25) is 10.0 Å². The van der Waals surface area contributed by atoms with Crippen molar-refractivity contribution in [3.63, 3.8) is 0 Å². The summed E-state index contributed by atoms with van der Waals surface area (Å²) >= 11 is 3.17. The number of benzene rings is 1. The normalized spacial score (nSPS) is 11.1. The van der Waals surface area contributed by atoms with Crippen molar-refractivity contribution in [1.82, 2.24) is 10.0 Å². The summed E-state index contributed by atoms with van der Waals surface area (Å²) < 4.78 is 26.4. The highest BCUT2D eigenvalue weighted by Crippen LogP contribution is 2.15. The monoisotopic (exact) mass is 322 g/mol. The predicted molar refractivity (Wildman–Crippen MR) is 65.4 cm³/mol. The largest absolute Gasteiger partial charge is 0.465 e. The van der Waals surface area contributed by atoms with E-state index in [1.165, 1.54) is 12.1 Å². The highest BCUT2D eigenvalue weighted by atomic mass is 79.9. The Labute approximate surface area is 107 Å². The van der Waals surface area contributed by atoms with Crippen LogP contribution in [0.1, 0.15) is 0 Å². The van der Waals surface area contributed by atoms with Crippen LogP contribution in [0, 0.1) is 0 Å². The third kappa shape index (κ3) is 4.72. The van der Waals surface area contributed by atoms with Crippen LogP contribution in [0.4, 0.5) is 4.79 Å². The lowest BCUT2D eigenvalue weighted by Crippen LogP contribution is -2.33. The number of halogens is 1. The van der Waals surface area contributed by atoms with Crippen LogP contribution < -0.4 is 10.0 Å². The minimum absolute atomic E-state index is 0.00114. The molecule has 0 aliphatic heterocycles. The molecule has 0 unspecified atom stereocenters. The Kier molecular flexibility index (Phi) is 4.91. The van der Waals surface area contributed by atoms with Gasteiger partial charge in [0.25, 0.3) is 0 Å². The summed E-state index contributed by atoms with van der Waals surface area (Å²) in [4.78, 5) is 10.3. The minimum Gasteiger partial charge on any atom is -0.465 e. The van der Waals surface area contributed by atoms with Crippen molar-refractivity contribution in [2.24, 2.45) is 0 Å². The molecule has 0 aromatic heterocycles. The van der Waals surface area contributed by atoms with E-state index in [4.69, 9.17) is 5.11 Å². The highest BCUT2D eigenvalue weighted by molar-refractivity contribution is 9.10. The fourth-order valence-corrected chi connectivity index (χ4v) is 2.70. The number of carboxylic acid groups (broad SMARTS) is 1. The number of sulfonamides is 1. The molecule has 94 valence electrons. The van der Waals surface area contributed by atoms with E-state index in [9.17, 15) is 13.2 Å². The van der Waals surface area contributed by atoms with Gasteiger partial charge in [-0.15, -0.1) is 0 Å². The average Bonchev–Trinajstić information content (AvgIpc) is 2.24. The molecule has 1 amide bonds. The van der Waals surface area contributed by atoms with Crippen LogP contribution in [0.5, 0.6) is 0 Å². The van der Waals surface area contributed by atoms with Gasteiger partial charge in [-0.1, -0.05) is 22.0 Å². The van der Waals surface area contributed by atoms with Crippen molar-refractivity contribution in [3.8, 4) is 0 Å². The summed E-state index contributed by atoms with van der Waals surface area (Å²) in [6.45, 7) is 0.0176. The first-order valence-electron chi connectivity index (χ1n) is 4.64. The van der Waals surface area contributed by atoms with Crippen LogP contribution in [-0.2, 0) is 10.0 Å². The highest BCUT2D eigenvalue weighted by Gasteiger charge is 2.13. The maximum atomic E-state index is 11.7. The second-order valence-corrected chi connectivity index (χ2v) is 5.77. The Morgan fingerprint density at radius 1 is 1.35 bits per heavy atom. The zero-order chi connectivity index (χ0) is 12.9. The molecule has 0 spiro atoms. The summed E-state index contributed by atoms with van der Waals surface area (Å²) in [5.41, 5.74) is 0. The number of rotatable bonds is 5. The molecule has 0 saturated carbocycles. The Balaban J connectivity index is 2.60. The van der Waals surface area contributed by atoms with Crippen molar-refractivity contribution >= 4 is 32.0 Å². The van der Waals surface area contributed by atoms with Gasteiger partial charge >= 0.3 is 6.09 Å². The molecule has 0 atom stereocenters. The molecular weight excluding hydrogens is 312 g/mol. The van der Waals surface area contributed by atoms with Gasteiger partial charge < -0.3 is 10.4 Å². The first kappa shape index (κ1) is 13.9. The lowest BCUT2D eigenvalue weighted by atomic mass is 10.4. The van der Waals surface area contributed by atoms with E-state index in [1.807, 2.05) is 0 Å². The van der Waals surface area contributed by atoms with Gasteiger partial charge in [0.15, 0.2) is 0 Å². The SMILES string of the molecule is O=C(O)NCCNS(=O)(=O)c1cccc(Br)c1. The van der Waals surface area contributed by atoms with E-state index in [2.05, 4.69) is 26.0 Å². The number of carbonyl (C=O) groups is 1. The van der Waals surface area contributed by atoms with E-state index in [0.717, 1.165) is 0 Å². The van der Waals surface area contributed by atoms with Crippen LogP contribution in [0.3, 0.4) is 0 Å². The van der Waals surface area contributed by atoms with Crippen LogP contribution in [0.15, 0.2) is 33.6 Å². The van der Waals surface area contributed by atoms with E-state index in [0.29, 0.717) is 4.47 Å². The zero-order valence-corrected chi connectivity index (χ0v) is 11.1. The lowest BCUT2D eigenvalue weighted by Gasteiger charge is -2.06. The molecule has 1 aromatic carbocycles. The van der Waals surface area contributed by atoms with Gasteiger partial charge in [-0.2, -0.15) is 0 Å². The van der Waals surface area contributed by atoms with Crippen molar-refractivity contribution in [2.45, 2.75) is 4.90 Å². The second-order valence-electron chi connectivity index (χ2n) is 3.09. The van der Waals surface area contributed by atoms with Gasteiger partial charge in [0.1, 0.15) is 0 Å². The zero-order valence-electron chi connectivity index (χ0n) is 8.68. The van der Waals surface area contributed by atoms with Gasteiger partial charge in [-0.3, -0.25) is 0 Å². The molecule has 0 saturated heterocycles. The fourth-order valence-electron chi connectivity index (χ4n) is 1.07. The summed E-state index contributed by atoms with van der Waals surface area (Å²) in [5, 5.41) is 10.4. The molecule has 1 rings (SSSR count). The van der Waals surface area contributed by atoms with Crippen LogP contribution >= 0.6 is 15.9 Å². The van der Waals surface area contributed by atoms with Gasteiger partial charge in [0, 0.05) is 17.6 Å². The maximum absolute atomic E-state index is 11.7. The predicted octanol–water partition coefficient (Wildman–Crippen LogP) is 0.995. The first-order chi connectivity index (χ1) is 7.92. The molecule has 0 heterocycles. The lowest BCUT2D eigenvalue weighted by molar-refractivity contribution is 0.194. The number of nitrogens with one attached hydrogen (secondary N) is 2. The van der Waals surface area contributed by atoms with Gasteiger partial charge in [-0.25, -0.2) is 17.9 Å². The van der Waals surface area contributed by atoms with Crippen molar-refractivity contribution < 1.29 is 18.3 Å². The van der Waals surface area contributed by atoms with Gasteiger partial charge in [0.05, 0.1) is 4.90 Å². The fraction of sp³-hybridized carbons (Fsp3) is 0.222. The second kappa shape index (κ2) is 5.99. The Hall–Kier alpha value is -1.12. The molecule has 3 N–H and O–H groups in total. The first-order valence-corrected chi connectivity index (χ1v) is 6.91. The quantitative estimate of drug-likeness (QED) is 0.704. The van der Waals surface area contributed by atoms with Crippen molar-refractivity contribution in [1.29, 1.82) is 0 Å². The van der Waals surface area contributed by atoms with Crippen LogP contribution in [0.2, 0.25) is 0 Å². The van der Waals surface area contributed by atoms with E-state index >= 15 is 0 Å². The van der Waals surface area contributed by atoms with Crippen molar-refractivity contribution in [2.75, 3.05) is 13.1 Å². The minimum atomic E-state index is -3.59. The van der Waals surface area contributed by atoms with E-state index in [-0.39, 0.29) is 18.0 Å². The number of hydrogen-bond acceptors (Lipinski definition) is 3. The summed E-state index contributed by atoms with van der Waals surface area (Å²) in [6, 6.07) is 6.24. The molecule has 0 radical (unpaired) electrons. The number of amides is 1. The molecule has 1 aromatic rings. The molecule has 6 nitrogen and oxygen atoms in total. The van der Waals surface area contributed by atoms with E-state index in [1.54, 1.807) is 12.1 Å². The average molecular weight is 323 g/mol. The summed E-state index contributed by atoms with van der Waals surface area (Å²) in [6.07, 6.45) is -1.19. The molecule has 17 heavy (non-hydrogen) atoms. The van der Waals surface area contributed by atoms with Crippen LogP contribution in [0.25, 0.3) is 0 Å². The van der Waals surface area contributed by atoms with Crippen molar-refractivity contribution in [3.05, 3.63) is 28.7 Å². The standard InChI is InChI=1S/C9H11BrN2O4S/c10-7-2-1-3-8(6-7)17(15,16)12-5-4-11-9(13)14/h1-3,6,11-12H,4-5H2,(H,13,14). The topological polar surface area (TPSA) is 95.5 Å². The molecule has 0 fully saturated rings. The maximum Gasteiger partial charge on any atom is 0.404 e. The van der Waals surface area contributed by atoms with Gasteiger partial charge in [-0.05, 0) is 18.2 Å².